The molecule has 0 heterocycles. The number of rotatable bonds is 11. The molecule has 2 N–H and O–H groups in total. The summed E-state index contributed by atoms with van der Waals surface area (Å²) in [6, 6.07) is -0.0299. The van der Waals surface area contributed by atoms with E-state index in [1.807, 2.05) is 13.8 Å². The first-order valence-corrected chi connectivity index (χ1v) is 16.2. The number of hydrogen-bond donors (Lipinski definition) is 2. The Balaban J connectivity index is -0.000000535. The van der Waals surface area contributed by atoms with Gasteiger partial charge in [-0.2, -0.15) is 8.42 Å². The zero-order valence-electron chi connectivity index (χ0n) is 18.1. The molecule has 0 aromatic carbocycles. The van der Waals surface area contributed by atoms with Gasteiger partial charge in [-0.25, -0.2) is 4.18 Å². The minimum absolute atomic E-state index is 0.0289. The van der Waals surface area contributed by atoms with E-state index in [4.69, 9.17) is 13.1 Å². The molecule has 0 aliphatic rings. The smallest absolute Gasteiger partial charge is 0.397 e. The van der Waals surface area contributed by atoms with Crippen LogP contribution in [0.1, 0.15) is 33.6 Å². The Bertz CT molecular complexity index is 499. The minimum atomic E-state index is -4.17. The topological polar surface area (TPSA) is 111 Å². The Labute approximate surface area is 168 Å². The maximum atomic E-state index is 11.7. The van der Waals surface area contributed by atoms with Gasteiger partial charge in [-0.15, -0.1) is 13.2 Å². The Hall–Kier alpha value is -0.406. The van der Waals surface area contributed by atoms with E-state index in [0.29, 0.717) is 6.42 Å². The first-order valence-electron chi connectivity index (χ1n) is 8.86. The first-order chi connectivity index (χ1) is 12.2. The highest BCUT2D eigenvalue weighted by molar-refractivity contribution is 7.80. The summed E-state index contributed by atoms with van der Waals surface area (Å²) in [5, 5.41) is 3.36. The summed E-state index contributed by atoms with van der Waals surface area (Å²) in [6.45, 7) is 19.8. The van der Waals surface area contributed by atoms with Crippen LogP contribution in [0.2, 0.25) is 26.2 Å². The predicted octanol–water partition coefficient (Wildman–Crippen LogP) is 3.07. The zero-order valence-corrected chi connectivity index (χ0v) is 20.9. The van der Waals surface area contributed by atoms with E-state index < -0.39 is 27.3 Å². The summed E-state index contributed by atoms with van der Waals surface area (Å²) in [5.74, 6) is 0.283. The molecule has 0 aromatic rings. The second kappa shape index (κ2) is 15.5. The Morgan fingerprint density at radius 2 is 1.63 bits per heavy atom. The van der Waals surface area contributed by atoms with Crippen molar-refractivity contribution in [3.05, 3.63) is 13.2 Å². The van der Waals surface area contributed by atoms with E-state index in [1.54, 1.807) is 7.11 Å². The minimum Gasteiger partial charge on any atom is -0.435 e. The molecule has 0 amide bonds. The van der Waals surface area contributed by atoms with Crippen molar-refractivity contribution in [2.24, 2.45) is 0 Å². The summed E-state index contributed by atoms with van der Waals surface area (Å²) in [6.07, 6.45) is 2.21. The van der Waals surface area contributed by atoms with Gasteiger partial charge in [-0.3, -0.25) is 9.35 Å². The van der Waals surface area contributed by atoms with Gasteiger partial charge in [-0.05, 0) is 39.5 Å². The average Bonchev–Trinajstić information content (AvgIpc) is 2.55. The van der Waals surface area contributed by atoms with Crippen LogP contribution in [0, 0.1) is 0 Å². The highest BCUT2D eigenvalue weighted by Gasteiger charge is 2.34. The summed E-state index contributed by atoms with van der Waals surface area (Å²) in [7, 11) is -6.28. The lowest BCUT2D eigenvalue weighted by molar-refractivity contribution is -0.120. The van der Waals surface area contributed by atoms with Crippen molar-refractivity contribution in [1.82, 2.24) is 5.32 Å². The first kappa shape index (κ1) is 31.3. The molecular formula is C16H39NO7SSi2. The lowest BCUT2D eigenvalue weighted by Gasteiger charge is -2.33. The molecule has 11 heteroatoms. The molecule has 0 saturated heterocycles. The SMILES string of the molecule is C=C.CCC(=O)C(CC)NC[Si](C)(C)O[Si](C)(C)OC.CCOS(=O)(=O)O. The molecule has 0 fully saturated rings. The van der Waals surface area contributed by atoms with E-state index in [-0.39, 0.29) is 18.4 Å². The van der Waals surface area contributed by atoms with Crippen LogP contribution in [0.3, 0.4) is 0 Å². The second-order valence-corrected chi connectivity index (χ2v) is 15.5. The molecule has 1 unspecified atom stereocenters. The number of Topliss-reactive ketones (excluding diaryl/α,β-unsaturated/α-hetero) is 1. The number of ketones is 1. The molecule has 0 aliphatic heterocycles. The maximum Gasteiger partial charge on any atom is 0.397 e. The quantitative estimate of drug-likeness (QED) is 0.283. The van der Waals surface area contributed by atoms with Gasteiger partial charge in [0.15, 0.2) is 8.32 Å². The van der Waals surface area contributed by atoms with Crippen molar-refractivity contribution < 1.29 is 30.5 Å². The van der Waals surface area contributed by atoms with Crippen molar-refractivity contribution in [3.8, 4) is 0 Å². The molecular weight excluding hydrogens is 406 g/mol. The van der Waals surface area contributed by atoms with Gasteiger partial charge in [0.2, 0.25) is 0 Å². The third-order valence-electron chi connectivity index (χ3n) is 3.20. The van der Waals surface area contributed by atoms with Crippen molar-refractivity contribution >= 4 is 33.1 Å². The molecule has 164 valence electrons. The van der Waals surface area contributed by atoms with E-state index in [9.17, 15) is 13.2 Å². The van der Waals surface area contributed by atoms with Gasteiger partial charge in [0.25, 0.3) is 0 Å². The van der Waals surface area contributed by atoms with Crippen LogP contribution in [-0.2, 0) is 27.9 Å². The van der Waals surface area contributed by atoms with E-state index in [1.165, 1.54) is 6.92 Å². The lowest BCUT2D eigenvalue weighted by atomic mass is 10.1. The summed E-state index contributed by atoms with van der Waals surface area (Å²) < 4.78 is 42.3. The van der Waals surface area contributed by atoms with Crippen LogP contribution in [0.4, 0.5) is 0 Å². The highest BCUT2D eigenvalue weighted by atomic mass is 32.3. The fraction of sp³-hybridized carbons (Fsp3) is 0.812. The molecule has 1 atom stereocenters. The molecule has 0 spiro atoms. The summed E-state index contributed by atoms with van der Waals surface area (Å²) in [5.41, 5.74) is 0. The van der Waals surface area contributed by atoms with Crippen molar-refractivity contribution in [2.75, 3.05) is 19.9 Å². The molecule has 8 nitrogen and oxygen atoms in total. The Kier molecular flexibility index (Phi) is 18.0. The second-order valence-electron chi connectivity index (χ2n) is 6.46. The van der Waals surface area contributed by atoms with Gasteiger partial charge in [-0.1, -0.05) is 13.8 Å². The van der Waals surface area contributed by atoms with Crippen LogP contribution >= 0.6 is 0 Å². The van der Waals surface area contributed by atoms with Crippen molar-refractivity contribution in [2.45, 2.75) is 65.8 Å². The summed E-state index contributed by atoms with van der Waals surface area (Å²) in [4.78, 5) is 11.7. The van der Waals surface area contributed by atoms with Crippen LogP contribution < -0.4 is 5.32 Å². The lowest BCUT2D eigenvalue weighted by Crippen LogP contribution is -2.54. The van der Waals surface area contributed by atoms with Gasteiger partial charge in [0, 0.05) is 19.7 Å². The Morgan fingerprint density at radius 3 is 1.89 bits per heavy atom. The van der Waals surface area contributed by atoms with E-state index in [0.717, 1.165) is 12.6 Å². The number of nitrogens with one attached hydrogen (secondary N) is 1. The molecule has 0 saturated carbocycles. The third-order valence-corrected chi connectivity index (χ3v) is 9.95. The average molecular weight is 446 g/mol. The molecule has 0 aromatic heterocycles. The van der Waals surface area contributed by atoms with E-state index in [2.05, 4.69) is 48.8 Å². The van der Waals surface area contributed by atoms with Gasteiger partial charge in [0.05, 0.1) is 12.6 Å². The monoisotopic (exact) mass is 445 g/mol. The van der Waals surface area contributed by atoms with Gasteiger partial charge >= 0.3 is 19.0 Å². The summed E-state index contributed by atoms with van der Waals surface area (Å²) >= 11 is 0. The van der Waals surface area contributed by atoms with Gasteiger partial charge < -0.3 is 13.9 Å². The number of carbonyl (C=O) groups excluding carboxylic acids is 1. The largest absolute Gasteiger partial charge is 0.435 e. The number of hydrogen-bond acceptors (Lipinski definition) is 7. The van der Waals surface area contributed by atoms with Crippen LogP contribution in [0.25, 0.3) is 0 Å². The fourth-order valence-electron chi connectivity index (χ4n) is 1.99. The Morgan fingerprint density at radius 1 is 1.15 bits per heavy atom. The van der Waals surface area contributed by atoms with Gasteiger partial charge in [0.1, 0.15) is 5.78 Å². The fourth-order valence-corrected chi connectivity index (χ4v) is 8.97. The molecule has 0 radical (unpaired) electrons. The predicted molar refractivity (Wildman–Crippen MR) is 115 cm³/mol. The third kappa shape index (κ3) is 20.1. The normalized spacial score (nSPS) is 12.9. The molecule has 0 rings (SSSR count). The van der Waals surface area contributed by atoms with Crippen LogP contribution in [0.15, 0.2) is 13.2 Å². The highest BCUT2D eigenvalue weighted by Crippen LogP contribution is 2.14. The molecule has 27 heavy (non-hydrogen) atoms. The van der Waals surface area contributed by atoms with Crippen molar-refractivity contribution in [3.63, 3.8) is 0 Å². The molecule has 0 aliphatic carbocycles. The number of carbonyl (C=O) groups is 1. The molecule has 0 bridgehead atoms. The van der Waals surface area contributed by atoms with E-state index >= 15 is 0 Å². The zero-order chi connectivity index (χ0) is 22.3. The van der Waals surface area contributed by atoms with Crippen LogP contribution in [0.5, 0.6) is 0 Å². The standard InChI is InChI=1S/C12H29NO3Si2.C2H6O4S.C2H4/c1-8-11(12(14)9-2)13-10-17(4,5)16-18(6,7)15-3;1-2-6-7(3,4)5;1-2/h11,13H,8-10H2,1-7H3;2H2,1H3,(H,3,4,5);1-2H2. The van der Waals surface area contributed by atoms with Crippen LogP contribution in [-0.4, -0.2) is 61.6 Å². The van der Waals surface area contributed by atoms with Crippen molar-refractivity contribution in [1.29, 1.82) is 0 Å². The maximum absolute atomic E-state index is 11.7.